The number of halogens is 2. The van der Waals surface area contributed by atoms with Gasteiger partial charge >= 0.3 is 0 Å². The van der Waals surface area contributed by atoms with Crippen molar-refractivity contribution in [1.29, 1.82) is 0 Å². The van der Waals surface area contributed by atoms with E-state index in [1.165, 1.54) is 0 Å². The molecular weight excluding hydrogens is 271 g/mol. The molecular formula is C12H8Cl2N4. The molecule has 2 aromatic heterocycles. The molecule has 0 radical (unpaired) electrons. The Hall–Kier alpha value is -1.65. The molecule has 4 nitrogen and oxygen atoms in total. The van der Waals surface area contributed by atoms with E-state index in [-0.39, 0.29) is 0 Å². The topological polar surface area (TPSA) is 43.1 Å². The van der Waals surface area contributed by atoms with Gasteiger partial charge in [-0.1, -0.05) is 23.2 Å². The van der Waals surface area contributed by atoms with Gasteiger partial charge in [-0.05, 0) is 30.7 Å². The van der Waals surface area contributed by atoms with Crippen molar-refractivity contribution in [2.24, 2.45) is 0 Å². The number of aryl methyl sites for hydroxylation is 1. The molecule has 0 saturated carbocycles. The molecule has 0 amide bonds. The van der Waals surface area contributed by atoms with Crippen LogP contribution < -0.4 is 0 Å². The first kappa shape index (κ1) is 11.4. The van der Waals surface area contributed by atoms with Crippen molar-refractivity contribution < 1.29 is 0 Å². The second-order valence-electron chi connectivity index (χ2n) is 3.98. The molecule has 0 unspecified atom stereocenters. The Bertz CT molecular complexity index is 716. The van der Waals surface area contributed by atoms with Gasteiger partial charge in [0.15, 0.2) is 11.5 Å². The van der Waals surface area contributed by atoms with E-state index in [0.717, 1.165) is 11.1 Å². The Morgan fingerprint density at radius 2 is 1.89 bits per heavy atom. The zero-order valence-corrected chi connectivity index (χ0v) is 10.9. The lowest BCUT2D eigenvalue weighted by Gasteiger charge is -2.02. The van der Waals surface area contributed by atoms with Crippen molar-refractivity contribution >= 4 is 28.8 Å². The van der Waals surface area contributed by atoms with E-state index in [9.17, 15) is 0 Å². The fourth-order valence-corrected chi connectivity index (χ4v) is 2.27. The molecule has 0 atom stereocenters. The van der Waals surface area contributed by atoms with Gasteiger partial charge in [-0.3, -0.25) is 4.40 Å². The lowest BCUT2D eigenvalue weighted by atomic mass is 10.1. The van der Waals surface area contributed by atoms with Crippen LogP contribution in [-0.2, 0) is 0 Å². The van der Waals surface area contributed by atoms with E-state index in [4.69, 9.17) is 23.2 Å². The lowest BCUT2D eigenvalue weighted by molar-refractivity contribution is 1.08. The third kappa shape index (κ3) is 1.94. The Kier molecular flexibility index (Phi) is 2.69. The fraction of sp³-hybridized carbons (Fsp3) is 0.0833. The van der Waals surface area contributed by atoms with Gasteiger partial charge in [0.25, 0.3) is 0 Å². The summed E-state index contributed by atoms with van der Waals surface area (Å²) in [6, 6.07) is 7.40. The van der Waals surface area contributed by atoms with Crippen molar-refractivity contribution in [3.05, 3.63) is 46.3 Å². The highest BCUT2D eigenvalue weighted by atomic mass is 35.5. The predicted octanol–water partition coefficient (Wildman–Crippen LogP) is 3.41. The Morgan fingerprint density at radius 1 is 1.06 bits per heavy atom. The van der Waals surface area contributed by atoms with Crippen LogP contribution in [0.15, 0.2) is 30.6 Å². The standard InChI is InChI=1S/C12H8Cl2N4/c1-7-2-8(4-9(13)3-7)12-17-16-11-5-10(14)15-6-18(11)12/h2-6H,1H3. The number of nitrogens with zero attached hydrogens (tertiary/aromatic N) is 4. The van der Waals surface area contributed by atoms with Gasteiger partial charge in [-0.25, -0.2) is 4.98 Å². The second-order valence-corrected chi connectivity index (χ2v) is 4.80. The summed E-state index contributed by atoms with van der Waals surface area (Å²) in [5, 5.41) is 9.27. The highest BCUT2D eigenvalue weighted by molar-refractivity contribution is 6.31. The molecule has 6 heteroatoms. The van der Waals surface area contributed by atoms with E-state index in [2.05, 4.69) is 15.2 Å². The zero-order valence-electron chi connectivity index (χ0n) is 9.43. The number of fused-ring (bicyclic) bond motifs is 1. The van der Waals surface area contributed by atoms with Crippen LogP contribution in [0.2, 0.25) is 10.2 Å². The summed E-state index contributed by atoms with van der Waals surface area (Å²) in [6.45, 7) is 1.98. The van der Waals surface area contributed by atoms with E-state index >= 15 is 0 Å². The Labute approximate surface area is 113 Å². The molecule has 0 aliphatic carbocycles. The van der Waals surface area contributed by atoms with E-state index in [0.29, 0.717) is 21.6 Å². The Balaban J connectivity index is 2.25. The van der Waals surface area contributed by atoms with Crippen LogP contribution in [0.3, 0.4) is 0 Å². The predicted molar refractivity (Wildman–Crippen MR) is 71.0 cm³/mol. The van der Waals surface area contributed by atoms with E-state index in [1.54, 1.807) is 16.8 Å². The number of benzene rings is 1. The summed E-state index contributed by atoms with van der Waals surface area (Å²) < 4.78 is 1.77. The van der Waals surface area contributed by atoms with E-state index < -0.39 is 0 Å². The molecule has 0 fully saturated rings. The van der Waals surface area contributed by atoms with Gasteiger partial charge in [0.05, 0.1) is 0 Å². The van der Waals surface area contributed by atoms with Crippen LogP contribution in [0.5, 0.6) is 0 Å². The molecule has 0 aliphatic heterocycles. The maximum absolute atomic E-state index is 6.05. The average molecular weight is 279 g/mol. The van der Waals surface area contributed by atoms with Crippen molar-refractivity contribution in [3.63, 3.8) is 0 Å². The minimum absolute atomic E-state index is 0.392. The van der Waals surface area contributed by atoms with Crippen molar-refractivity contribution in [2.75, 3.05) is 0 Å². The minimum atomic E-state index is 0.392. The smallest absolute Gasteiger partial charge is 0.169 e. The van der Waals surface area contributed by atoms with Crippen LogP contribution in [0.4, 0.5) is 0 Å². The van der Waals surface area contributed by atoms with Crippen molar-refractivity contribution in [1.82, 2.24) is 19.6 Å². The van der Waals surface area contributed by atoms with Crippen LogP contribution in [0.25, 0.3) is 17.0 Å². The first-order valence-corrected chi connectivity index (χ1v) is 6.03. The molecule has 0 saturated heterocycles. The van der Waals surface area contributed by atoms with Gasteiger partial charge in [0, 0.05) is 16.7 Å². The largest absolute Gasteiger partial charge is 0.265 e. The molecule has 1 aromatic carbocycles. The summed E-state index contributed by atoms with van der Waals surface area (Å²) in [4.78, 5) is 4.03. The summed E-state index contributed by atoms with van der Waals surface area (Å²) >= 11 is 11.9. The molecule has 0 N–H and O–H groups in total. The summed E-state index contributed by atoms with van der Waals surface area (Å²) in [5.74, 6) is 0.694. The minimum Gasteiger partial charge on any atom is -0.265 e. The third-order valence-corrected chi connectivity index (χ3v) is 2.99. The number of rotatable bonds is 1. The number of aromatic nitrogens is 4. The maximum Gasteiger partial charge on any atom is 0.169 e. The monoisotopic (exact) mass is 278 g/mol. The van der Waals surface area contributed by atoms with Gasteiger partial charge < -0.3 is 0 Å². The van der Waals surface area contributed by atoms with Gasteiger partial charge in [-0.15, -0.1) is 10.2 Å². The summed E-state index contributed by atoms with van der Waals surface area (Å²) in [7, 11) is 0. The first-order valence-electron chi connectivity index (χ1n) is 5.27. The molecule has 18 heavy (non-hydrogen) atoms. The summed E-state index contributed by atoms with van der Waals surface area (Å²) in [5.41, 5.74) is 2.62. The maximum atomic E-state index is 6.05. The molecule has 3 rings (SSSR count). The fourth-order valence-electron chi connectivity index (χ4n) is 1.83. The SMILES string of the molecule is Cc1cc(Cl)cc(-c2nnc3cc(Cl)ncn23)c1. The van der Waals surface area contributed by atoms with Crippen LogP contribution >= 0.6 is 23.2 Å². The normalized spacial score (nSPS) is 11.1. The molecule has 3 aromatic rings. The molecule has 0 aliphatic rings. The molecule has 2 heterocycles. The average Bonchev–Trinajstić information content (AvgIpc) is 2.70. The van der Waals surface area contributed by atoms with Gasteiger partial charge in [0.1, 0.15) is 11.5 Å². The van der Waals surface area contributed by atoms with Crippen LogP contribution in [0, 0.1) is 6.92 Å². The van der Waals surface area contributed by atoms with Crippen molar-refractivity contribution in [3.8, 4) is 11.4 Å². The number of hydrogen-bond acceptors (Lipinski definition) is 3. The first-order chi connectivity index (χ1) is 8.63. The molecule has 0 spiro atoms. The molecule has 0 bridgehead atoms. The summed E-state index contributed by atoms with van der Waals surface area (Å²) in [6.07, 6.45) is 1.60. The number of hydrogen-bond donors (Lipinski definition) is 0. The van der Waals surface area contributed by atoms with Crippen molar-refractivity contribution in [2.45, 2.75) is 6.92 Å². The zero-order chi connectivity index (χ0) is 12.7. The quantitative estimate of drug-likeness (QED) is 0.641. The molecule has 90 valence electrons. The second kappa shape index (κ2) is 4.23. The van der Waals surface area contributed by atoms with Gasteiger partial charge in [-0.2, -0.15) is 0 Å². The van der Waals surface area contributed by atoms with Crippen LogP contribution in [-0.4, -0.2) is 19.6 Å². The van der Waals surface area contributed by atoms with Gasteiger partial charge in [0.2, 0.25) is 0 Å². The van der Waals surface area contributed by atoms with Crippen LogP contribution in [0.1, 0.15) is 5.56 Å². The third-order valence-electron chi connectivity index (χ3n) is 2.57. The highest BCUT2D eigenvalue weighted by Crippen LogP contribution is 2.24. The highest BCUT2D eigenvalue weighted by Gasteiger charge is 2.09. The Morgan fingerprint density at radius 3 is 2.67 bits per heavy atom. The lowest BCUT2D eigenvalue weighted by Crippen LogP contribution is -1.91. The van der Waals surface area contributed by atoms with E-state index in [1.807, 2.05) is 25.1 Å².